The standard InChI is InChI=1S/C12H14BrN5O2/c1-3-8-17-10(12(19)20-4-2)11(14)18(8)9-6-15-7(13)5-16-9/h5-6H,3-4,14H2,1-2H3. The van der Waals surface area contributed by atoms with Crippen LogP contribution in [0.2, 0.25) is 0 Å². The van der Waals surface area contributed by atoms with Gasteiger partial charge in [0.1, 0.15) is 16.2 Å². The SMILES string of the molecule is CCOC(=O)c1nc(CC)n(-c2cnc(Br)cn2)c1N. The zero-order valence-corrected chi connectivity index (χ0v) is 12.7. The van der Waals surface area contributed by atoms with E-state index in [4.69, 9.17) is 10.5 Å². The highest BCUT2D eigenvalue weighted by molar-refractivity contribution is 9.10. The summed E-state index contributed by atoms with van der Waals surface area (Å²) >= 11 is 3.22. The number of imidazole rings is 1. The number of aromatic nitrogens is 4. The normalized spacial score (nSPS) is 10.6. The van der Waals surface area contributed by atoms with Gasteiger partial charge in [-0.15, -0.1) is 0 Å². The van der Waals surface area contributed by atoms with Crippen LogP contribution >= 0.6 is 15.9 Å². The number of halogens is 1. The number of carbonyl (C=O) groups excluding carboxylic acids is 1. The molecule has 0 aliphatic heterocycles. The summed E-state index contributed by atoms with van der Waals surface area (Å²) in [6, 6.07) is 0. The maximum Gasteiger partial charge on any atom is 0.360 e. The van der Waals surface area contributed by atoms with E-state index in [2.05, 4.69) is 30.9 Å². The maximum atomic E-state index is 11.8. The van der Waals surface area contributed by atoms with Crippen LogP contribution in [0, 0.1) is 0 Å². The predicted octanol–water partition coefficient (Wildman–Crippen LogP) is 1.75. The molecule has 0 saturated carbocycles. The first-order valence-corrected chi connectivity index (χ1v) is 6.89. The molecule has 2 N–H and O–H groups in total. The van der Waals surface area contributed by atoms with Crippen molar-refractivity contribution in [2.24, 2.45) is 0 Å². The van der Waals surface area contributed by atoms with E-state index in [1.165, 1.54) is 0 Å². The molecule has 7 nitrogen and oxygen atoms in total. The molecule has 0 aliphatic carbocycles. The van der Waals surface area contributed by atoms with Crippen LogP contribution in [0.25, 0.3) is 5.82 Å². The highest BCUT2D eigenvalue weighted by atomic mass is 79.9. The fourth-order valence-electron chi connectivity index (χ4n) is 1.74. The Morgan fingerprint density at radius 1 is 1.40 bits per heavy atom. The van der Waals surface area contributed by atoms with Crippen LogP contribution in [0.3, 0.4) is 0 Å². The Balaban J connectivity index is 2.52. The van der Waals surface area contributed by atoms with Gasteiger partial charge in [-0.25, -0.2) is 19.7 Å². The van der Waals surface area contributed by atoms with Crippen molar-refractivity contribution < 1.29 is 9.53 Å². The average Bonchev–Trinajstić information content (AvgIpc) is 2.77. The van der Waals surface area contributed by atoms with Gasteiger partial charge in [0.2, 0.25) is 0 Å². The lowest BCUT2D eigenvalue weighted by atomic mass is 10.4. The number of nitrogens with two attached hydrogens (primary N) is 1. The zero-order valence-electron chi connectivity index (χ0n) is 11.1. The first-order valence-electron chi connectivity index (χ1n) is 6.10. The third kappa shape index (κ3) is 2.64. The fraction of sp³-hybridized carbons (Fsp3) is 0.333. The van der Waals surface area contributed by atoms with Crippen molar-refractivity contribution in [2.45, 2.75) is 20.3 Å². The highest BCUT2D eigenvalue weighted by Crippen LogP contribution is 2.21. The number of hydrogen-bond acceptors (Lipinski definition) is 6. The van der Waals surface area contributed by atoms with Gasteiger partial charge in [-0.05, 0) is 22.9 Å². The largest absolute Gasteiger partial charge is 0.461 e. The van der Waals surface area contributed by atoms with Gasteiger partial charge in [-0.2, -0.15) is 0 Å². The Morgan fingerprint density at radius 3 is 2.70 bits per heavy atom. The van der Waals surface area contributed by atoms with Gasteiger partial charge in [0.15, 0.2) is 11.5 Å². The molecule has 106 valence electrons. The average molecular weight is 340 g/mol. The van der Waals surface area contributed by atoms with Crippen LogP contribution in [0.15, 0.2) is 17.0 Å². The van der Waals surface area contributed by atoms with E-state index in [-0.39, 0.29) is 18.1 Å². The molecule has 0 amide bonds. The van der Waals surface area contributed by atoms with E-state index >= 15 is 0 Å². The maximum absolute atomic E-state index is 11.8. The number of nitrogen functional groups attached to an aromatic ring is 1. The summed E-state index contributed by atoms with van der Waals surface area (Å²) in [5, 5.41) is 0. The van der Waals surface area contributed by atoms with Gasteiger partial charge in [0.25, 0.3) is 0 Å². The number of nitrogens with zero attached hydrogens (tertiary/aromatic N) is 4. The van der Waals surface area contributed by atoms with Gasteiger partial charge in [-0.1, -0.05) is 6.92 Å². The summed E-state index contributed by atoms with van der Waals surface area (Å²) in [5.74, 6) is 0.799. The van der Waals surface area contributed by atoms with E-state index in [1.54, 1.807) is 23.9 Å². The van der Waals surface area contributed by atoms with Crippen LogP contribution in [-0.4, -0.2) is 32.1 Å². The zero-order chi connectivity index (χ0) is 14.7. The van der Waals surface area contributed by atoms with Crippen LogP contribution < -0.4 is 5.73 Å². The number of carbonyl (C=O) groups is 1. The Labute approximate surface area is 124 Å². The van der Waals surface area contributed by atoms with E-state index in [0.29, 0.717) is 22.7 Å². The van der Waals surface area contributed by atoms with Crippen molar-refractivity contribution in [3.8, 4) is 5.82 Å². The van der Waals surface area contributed by atoms with Gasteiger partial charge in [0.05, 0.1) is 19.0 Å². The molecule has 0 aromatic carbocycles. The minimum Gasteiger partial charge on any atom is -0.461 e. The smallest absolute Gasteiger partial charge is 0.360 e. The van der Waals surface area contributed by atoms with Gasteiger partial charge in [0, 0.05) is 6.42 Å². The number of hydrogen-bond donors (Lipinski definition) is 1. The van der Waals surface area contributed by atoms with Crippen molar-refractivity contribution >= 4 is 27.7 Å². The predicted molar refractivity (Wildman–Crippen MR) is 76.6 cm³/mol. The lowest BCUT2D eigenvalue weighted by Gasteiger charge is -2.07. The Kier molecular flexibility index (Phi) is 4.33. The molecule has 0 fully saturated rings. The molecule has 0 atom stereocenters. The molecule has 2 aromatic rings. The first kappa shape index (κ1) is 14.4. The second kappa shape index (κ2) is 6.00. The number of ether oxygens (including phenoxy) is 1. The molecule has 0 saturated heterocycles. The van der Waals surface area contributed by atoms with Crippen LogP contribution in [0.4, 0.5) is 5.82 Å². The molecular weight excluding hydrogens is 326 g/mol. The van der Waals surface area contributed by atoms with Crippen molar-refractivity contribution in [1.82, 2.24) is 19.5 Å². The second-order valence-electron chi connectivity index (χ2n) is 3.87. The first-order chi connectivity index (χ1) is 9.58. The molecule has 2 rings (SSSR count). The Bertz CT molecular complexity index is 624. The van der Waals surface area contributed by atoms with Crippen LogP contribution in [0.5, 0.6) is 0 Å². The molecule has 0 radical (unpaired) electrons. The molecule has 2 heterocycles. The van der Waals surface area contributed by atoms with Crippen molar-refractivity contribution in [3.63, 3.8) is 0 Å². The minimum absolute atomic E-state index is 0.105. The van der Waals surface area contributed by atoms with Gasteiger partial charge >= 0.3 is 5.97 Å². The number of anilines is 1. The molecular formula is C12H14BrN5O2. The van der Waals surface area contributed by atoms with Crippen LogP contribution in [0.1, 0.15) is 30.2 Å². The summed E-state index contributed by atoms with van der Waals surface area (Å²) in [6.07, 6.45) is 3.70. The quantitative estimate of drug-likeness (QED) is 0.852. The lowest BCUT2D eigenvalue weighted by Crippen LogP contribution is -2.10. The van der Waals surface area contributed by atoms with E-state index < -0.39 is 5.97 Å². The third-order valence-electron chi connectivity index (χ3n) is 2.60. The molecule has 0 unspecified atom stereocenters. The molecule has 8 heteroatoms. The van der Waals surface area contributed by atoms with E-state index in [0.717, 1.165) is 0 Å². The van der Waals surface area contributed by atoms with Crippen molar-refractivity contribution in [3.05, 3.63) is 28.5 Å². The minimum atomic E-state index is -0.538. The summed E-state index contributed by atoms with van der Waals surface area (Å²) in [7, 11) is 0. The van der Waals surface area contributed by atoms with Crippen molar-refractivity contribution in [1.29, 1.82) is 0 Å². The van der Waals surface area contributed by atoms with Gasteiger partial charge in [-0.3, -0.25) is 4.57 Å². The van der Waals surface area contributed by atoms with Crippen LogP contribution in [-0.2, 0) is 11.2 Å². The van der Waals surface area contributed by atoms with E-state index in [9.17, 15) is 4.79 Å². The van der Waals surface area contributed by atoms with E-state index in [1.807, 2.05) is 6.92 Å². The summed E-state index contributed by atoms with van der Waals surface area (Å²) < 4.78 is 7.16. The second-order valence-corrected chi connectivity index (χ2v) is 4.68. The van der Waals surface area contributed by atoms with Crippen molar-refractivity contribution in [2.75, 3.05) is 12.3 Å². The number of rotatable bonds is 4. The molecule has 0 spiro atoms. The fourth-order valence-corrected chi connectivity index (χ4v) is 1.95. The summed E-state index contributed by atoms with van der Waals surface area (Å²) in [6.45, 7) is 3.91. The molecule has 2 aromatic heterocycles. The summed E-state index contributed by atoms with van der Waals surface area (Å²) in [5.41, 5.74) is 6.11. The molecule has 0 aliphatic rings. The summed E-state index contributed by atoms with van der Waals surface area (Å²) in [4.78, 5) is 24.4. The monoisotopic (exact) mass is 339 g/mol. The van der Waals surface area contributed by atoms with Gasteiger partial charge < -0.3 is 10.5 Å². The topological polar surface area (TPSA) is 95.9 Å². The Hall–Kier alpha value is -1.96. The molecule has 20 heavy (non-hydrogen) atoms. The highest BCUT2D eigenvalue weighted by Gasteiger charge is 2.22. The molecule has 0 bridgehead atoms. The Morgan fingerprint density at radius 2 is 2.15 bits per heavy atom. The number of aryl methyl sites for hydroxylation is 1. The number of esters is 1. The third-order valence-corrected chi connectivity index (χ3v) is 3.01. The lowest BCUT2D eigenvalue weighted by molar-refractivity contribution is 0.0521.